The molecule has 1 aromatic carbocycles. The van der Waals surface area contributed by atoms with E-state index in [-0.39, 0.29) is 6.04 Å². The Kier molecular flexibility index (Phi) is 3.91. The van der Waals surface area contributed by atoms with Crippen molar-refractivity contribution in [2.45, 2.75) is 19.5 Å². The summed E-state index contributed by atoms with van der Waals surface area (Å²) in [5.74, 6) is 0.937. The highest BCUT2D eigenvalue weighted by Gasteiger charge is 2.07. The van der Waals surface area contributed by atoms with E-state index >= 15 is 0 Å². The molecule has 0 amide bonds. The lowest BCUT2D eigenvalue weighted by molar-refractivity contribution is 0.540. The number of rotatable bonds is 4. The van der Waals surface area contributed by atoms with Crippen LogP contribution in [0.15, 0.2) is 35.1 Å². The first-order valence-electron chi connectivity index (χ1n) is 5.48. The van der Waals surface area contributed by atoms with Gasteiger partial charge in [-0.15, -0.1) is 0 Å². The van der Waals surface area contributed by atoms with Crippen molar-refractivity contribution in [2.24, 2.45) is 7.05 Å². The average molecular weight is 295 g/mol. The van der Waals surface area contributed by atoms with Crippen LogP contribution in [0.25, 0.3) is 0 Å². The van der Waals surface area contributed by atoms with E-state index in [0.717, 1.165) is 10.3 Å². The average Bonchev–Trinajstić information content (AvgIpc) is 2.72. The Morgan fingerprint density at radius 2 is 2.29 bits per heavy atom. The topological polar surface area (TPSA) is 42.7 Å². The number of hydrogen-bond acceptors (Lipinski definition) is 3. The van der Waals surface area contributed by atoms with Crippen molar-refractivity contribution in [3.63, 3.8) is 0 Å². The fraction of sp³-hybridized carbons (Fsp3) is 0.333. The number of aromatic nitrogens is 3. The van der Waals surface area contributed by atoms with E-state index < -0.39 is 0 Å². The van der Waals surface area contributed by atoms with E-state index in [1.807, 2.05) is 19.2 Å². The molecule has 0 bridgehead atoms. The minimum atomic E-state index is 0.282. The maximum atomic E-state index is 4.18. The summed E-state index contributed by atoms with van der Waals surface area (Å²) in [7, 11) is 1.90. The molecule has 0 aliphatic carbocycles. The molecule has 0 saturated carbocycles. The molecule has 1 atom stereocenters. The van der Waals surface area contributed by atoms with Gasteiger partial charge >= 0.3 is 0 Å². The van der Waals surface area contributed by atoms with Crippen molar-refractivity contribution in [1.29, 1.82) is 0 Å². The minimum absolute atomic E-state index is 0.282. The van der Waals surface area contributed by atoms with Crippen molar-refractivity contribution >= 4 is 15.9 Å². The van der Waals surface area contributed by atoms with Crippen LogP contribution in [0.4, 0.5) is 0 Å². The quantitative estimate of drug-likeness (QED) is 0.942. The maximum Gasteiger partial charge on any atom is 0.140 e. The molecule has 90 valence electrons. The zero-order chi connectivity index (χ0) is 12.3. The van der Waals surface area contributed by atoms with Crippen LogP contribution in [0.5, 0.6) is 0 Å². The molecule has 0 radical (unpaired) electrons. The van der Waals surface area contributed by atoms with Crippen LogP contribution in [-0.2, 0) is 13.6 Å². The van der Waals surface area contributed by atoms with Gasteiger partial charge in [-0.25, -0.2) is 4.98 Å². The van der Waals surface area contributed by atoms with Gasteiger partial charge in [-0.3, -0.25) is 4.68 Å². The third-order valence-corrected chi connectivity index (χ3v) is 3.21. The molecule has 0 saturated heterocycles. The van der Waals surface area contributed by atoms with Crippen molar-refractivity contribution in [2.75, 3.05) is 0 Å². The van der Waals surface area contributed by atoms with Gasteiger partial charge in [-0.05, 0) is 24.6 Å². The molecule has 1 aromatic heterocycles. The molecule has 1 N–H and O–H groups in total. The van der Waals surface area contributed by atoms with Gasteiger partial charge in [0, 0.05) is 17.6 Å². The molecule has 4 nitrogen and oxygen atoms in total. The Morgan fingerprint density at radius 3 is 2.94 bits per heavy atom. The predicted octanol–water partition coefficient (Wildman–Crippen LogP) is 2.43. The van der Waals surface area contributed by atoms with Gasteiger partial charge in [0.25, 0.3) is 0 Å². The SMILES string of the molecule is CC(NCc1ncnn1C)c1cccc(Br)c1. The molecule has 5 heteroatoms. The summed E-state index contributed by atoms with van der Waals surface area (Å²) < 4.78 is 2.88. The van der Waals surface area contributed by atoms with Crippen molar-refractivity contribution in [1.82, 2.24) is 20.1 Å². The highest BCUT2D eigenvalue weighted by Crippen LogP contribution is 2.17. The van der Waals surface area contributed by atoms with E-state index in [1.54, 1.807) is 11.0 Å². The summed E-state index contributed by atoms with van der Waals surface area (Å²) in [4.78, 5) is 4.18. The molecule has 1 unspecified atom stereocenters. The van der Waals surface area contributed by atoms with Crippen LogP contribution in [0.3, 0.4) is 0 Å². The molecule has 17 heavy (non-hydrogen) atoms. The van der Waals surface area contributed by atoms with Gasteiger partial charge in [0.2, 0.25) is 0 Å². The second kappa shape index (κ2) is 5.42. The minimum Gasteiger partial charge on any atom is -0.303 e. The van der Waals surface area contributed by atoms with Crippen LogP contribution in [0.1, 0.15) is 24.4 Å². The number of halogens is 1. The highest BCUT2D eigenvalue weighted by molar-refractivity contribution is 9.10. The highest BCUT2D eigenvalue weighted by atomic mass is 79.9. The van der Waals surface area contributed by atoms with Crippen LogP contribution in [-0.4, -0.2) is 14.8 Å². The summed E-state index contributed by atoms with van der Waals surface area (Å²) >= 11 is 3.48. The Balaban J connectivity index is 1.98. The van der Waals surface area contributed by atoms with Crippen LogP contribution < -0.4 is 5.32 Å². The zero-order valence-corrected chi connectivity index (χ0v) is 11.5. The summed E-state index contributed by atoms with van der Waals surface area (Å²) in [6.07, 6.45) is 1.57. The number of nitrogens with zero attached hydrogens (tertiary/aromatic N) is 3. The van der Waals surface area contributed by atoms with Crippen molar-refractivity contribution < 1.29 is 0 Å². The fourth-order valence-corrected chi connectivity index (χ4v) is 2.04. The largest absolute Gasteiger partial charge is 0.303 e. The lowest BCUT2D eigenvalue weighted by atomic mass is 10.1. The van der Waals surface area contributed by atoms with E-state index in [0.29, 0.717) is 6.54 Å². The number of hydrogen-bond donors (Lipinski definition) is 1. The summed E-state index contributed by atoms with van der Waals surface area (Å²) in [6.45, 7) is 2.85. The van der Waals surface area contributed by atoms with Gasteiger partial charge in [0.1, 0.15) is 12.2 Å². The van der Waals surface area contributed by atoms with Crippen LogP contribution in [0.2, 0.25) is 0 Å². The van der Waals surface area contributed by atoms with Gasteiger partial charge in [0.15, 0.2) is 0 Å². The first-order valence-corrected chi connectivity index (χ1v) is 6.28. The van der Waals surface area contributed by atoms with Gasteiger partial charge in [-0.1, -0.05) is 28.1 Å². The molecule has 0 aliphatic rings. The van der Waals surface area contributed by atoms with E-state index in [4.69, 9.17) is 0 Å². The molecule has 2 aromatic rings. The Labute approximate surface area is 109 Å². The fourth-order valence-electron chi connectivity index (χ4n) is 1.62. The van der Waals surface area contributed by atoms with Gasteiger partial charge < -0.3 is 5.32 Å². The van der Waals surface area contributed by atoms with E-state index in [1.165, 1.54) is 5.56 Å². The second-order valence-corrected chi connectivity index (χ2v) is 4.87. The third-order valence-electron chi connectivity index (χ3n) is 2.72. The Bertz CT molecular complexity index is 495. The maximum absolute atomic E-state index is 4.18. The zero-order valence-electron chi connectivity index (χ0n) is 9.89. The molecule has 0 fully saturated rings. The number of benzene rings is 1. The molecule has 0 aliphatic heterocycles. The first kappa shape index (κ1) is 12.3. The first-order chi connectivity index (χ1) is 8.16. The van der Waals surface area contributed by atoms with Crippen molar-refractivity contribution in [3.05, 3.63) is 46.5 Å². The van der Waals surface area contributed by atoms with Crippen LogP contribution in [0, 0.1) is 0 Å². The van der Waals surface area contributed by atoms with Gasteiger partial charge in [0.05, 0.1) is 6.54 Å². The molecule has 1 heterocycles. The van der Waals surface area contributed by atoms with Gasteiger partial charge in [-0.2, -0.15) is 5.10 Å². The normalized spacial score (nSPS) is 12.6. The molecular weight excluding hydrogens is 280 g/mol. The standard InChI is InChI=1S/C12H15BrN4/c1-9(10-4-3-5-11(13)6-10)14-7-12-15-8-16-17(12)2/h3-6,8-9,14H,7H2,1-2H3. The van der Waals surface area contributed by atoms with E-state index in [9.17, 15) is 0 Å². The smallest absolute Gasteiger partial charge is 0.140 e. The lowest BCUT2D eigenvalue weighted by Crippen LogP contribution is -2.20. The Morgan fingerprint density at radius 1 is 1.47 bits per heavy atom. The second-order valence-electron chi connectivity index (χ2n) is 3.96. The monoisotopic (exact) mass is 294 g/mol. The van der Waals surface area contributed by atoms with Crippen LogP contribution >= 0.6 is 15.9 Å². The number of aryl methyl sites for hydroxylation is 1. The Hall–Kier alpha value is -1.20. The van der Waals surface area contributed by atoms with E-state index in [2.05, 4.69) is 50.4 Å². The molecular formula is C12H15BrN4. The molecule has 2 rings (SSSR count). The number of nitrogens with one attached hydrogen (secondary N) is 1. The lowest BCUT2D eigenvalue weighted by Gasteiger charge is -2.14. The summed E-state index contributed by atoms with van der Waals surface area (Å²) in [5.41, 5.74) is 1.25. The molecule has 0 spiro atoms. The third kappa shape index (κ3) is 3.14. The predicted molar refractivity (Wildman–Crippen MR) is 70.4 cm³/mol. The summed E-state index contributed by atoms with van der Waals surface area (Å²) in [6, 6.07) is 8.58. The van der Waals surface area contributed by atoms with Crippen molar-refractivity contribution in [3.8, 4) is 0 Å². The summed E-state index contributed by atoms with van der Waals surface area (Å²) in [5, 5.41) is 7.46.